The van der Waals surface area contributed by atoms with E-state index < -0.39 is 12.3 Å². The third kappa shape index (κ3) is 4.18. The highest BCUT2D eigenvalue weighted by atomic mass is 19.4. The smallest absolute Gasteiger partial charge is 0.426 e. The van der Waals surface area contributed by atoms with Gasteiger partial charge in [-0.2, -0.15) is 0 Å². The first kappa shape index (κ1) is 12.3. The topological polar surface area (TPSA) is 61.6 Å². The first-order chi connectivity index (χ1) is 7.40. The molecule has 1 aromatic rings. The van der Waals surface area contributed by atoms with Gasteiger partial charge in [0, 0.05) is 0 Å². The molecule has 0 fully saturated rings. The molecule has 0 saturated carbocycles. The molecule has 0 aliphatic heterocycles. The van der Waals surface area contributed by atoms with Crippen molar-refractivity contribution in [1.29, 1.82) is 0 Å². The van der Waals surface area contributed by atoms with Gasteiger partial charge in [0.1, 0.15) is 11.5 Å². The van der Waals surface area contributed by atoms with Crippen LogP contribution in [-0.2, 0) is 4.79 Å². The van der Waals surface area contributed by atoms with Crippen molar-refractivity contribution in [3.05, 3.63) is 24.3 Å². The van der Waals surface area contributed by atoms with Crippen molar-refractivity contribution in [2.45, 2.75) is 6.36 Å². The van der Waals surface area contributed by atoms with Gasteiger partial charge >= 0.3 is 12.3 Å². The Bertz CT molecular complexity index is 361. The minimum Gasteiger partial charge on any atom is -0.426 e. The van der Waals surface area contributed by atoms with Crippen LogP contribution in [0.1, 0.15) is 0 Å². The van der Waals surface area contributed by atoms with E-state index in [0.29, 0.717) is 0 Å². The number of hydrogen-bond acceptors (Lipinski definition) is 4. The first-order valence-corrected chi connectivity index (χ1v) is 4.17. The number of esters is 1. The number of carbonyl (C=O) groups excluding carboxylic acids is 1. The van der Waals surface area contributed by atoms with Gasteiger partial charge in [-0.3, -0.25) is 4.79 Å². The van der Waals surface area contributed by atoms with Crippen molar-refractivity contribution >= 4 is 5.97 Å². The molecular weight excluding hydrogens is 227 g/mol. The van der Waals surface area contributed by atoms with Gasteiger partial charge in [0.2, 0.25) is 0 Å². The van der Waals surface area contributed by atoms with E-state index in [2.05, 4.69) is 9.47 Å². The highest BCUT2D eigenvalue weighted by molar-refractivity contribution is 5.74. The summed E-state index contributed by atoms with van der Waals surface area (Å²) >= 11 is 0. The molecule has 0 aliphatic carbocycles. The van der Waals surface area contributed by atoms with Crippen LogP contribution in [-0.4, -0.2) is 18.9 Å². The van der Waals surface area contributed by atoms with Gasteiger partial charge in [-0.05, 0) is 24.3 Å². The second-order valence-corrected chi connectivity index (χ2v) is 2.70. The zero-order valence-electron chi connectivity index (χ0n) is 7.95. The first-order valence-electron chi connectivity index (χ1n) is 4.17. The molecular formula is C9H8F3NO3. The molecule has 0 aliphatic rings. The van der Waals surface area contributed by atoms with Gasteiger partial charge in [-0.25, -0.2) is 0 Å². The lowest BCUT2D eigenvalue weighted by molar-refractivity contribution is -0.274. The third-order valence-electron chi connectivity index (χ3n) is 1.46. The Morgan fingerprint density at radius 3 is 2.12 bits per heavy atom. The number of hydrogen-bond donors (Lipinski definition) is 1. The summed E-state index contributed by atoms with van der Waals surface area (Å²) in [5.41, 5.74) is 4.99. The largest absolute Gasteiger partial charge is 0.573 e. The number of nitrogens with two attached hydrogens (primary N) is 1. The quantitative estimate of drug-likeness (QED) is 0.636. The lowest BCUT2D eigenvalue weighted by Crippen LogP contribution is -2.19. The Morgan fingerprint density at radius 2 is 1.69 bits per heavy atom. The Kier molecular flexibility index (Phi) is 3.73. The second kappa shape index (κ2) is 4.84. The van der Waals surface area contributed by atoms with E-state index in [0.717, 1.165) is 12.1 Å². The van der Waals surface area contributed by atoms with E-state index in [1.54, 1.807) is 0 Å². The second-order valence-electron chi connectivity index (χ2n) is 2.70. The van der Waals surface area contributed by atoms with E-state index in [4.69, 9.17) is 5.73 Å². The molecule has 4 nitrogen and oxygen atoms in total. The van der Waals surface area contributed by atoms with Crippen molar-refractivity contribution in [2.24, 2.45) is 5.73 Å². The van der Waals surface area contributed by atoms with Crippen LogP contribution in [0.15, 0.2) is 24.3 Å². The molecule has 0 heterocycles. The molecule has 1 rings (SSSR count). The molecule has 7 heteroatoms. The SMILES string of the molecule is NCC(=O)Oc1ccc(OC(F)(F)F)cc1. The summed E-state index contributed by atoms with van der Waals surface area (Å²) in [4.78, 5) is 10.7. The maximum atomic E-state index is 11.8. The molecule has 0 spiro atoms. The number of alkyl halides is 3. The molecule has 2 N–H and O–H groups in total. The van der Waals surface area contributed by atoms with Crippen LogP contribution in [0, 0.1) is 0 Å². The summed E-state index contributed by atoms with van der Waals surface area (Å²) in [6.45, 7) is -0.305. The van der Waals surface area contributed by atoms with Crippen LogP contribution in [0.25, 0.3) is 0 Å². The van der Waals surface area contributed by atoms with Crippen LogP contribution in [0.4, 0.5) is 13.2 Å². The molecule has 0 aromatic heterocycles. The van der Waals surface area contributed by atoms with Gasteiger partial charge in [0.15, 0.2) is 0 Å². The minimum atomic E-state index is -4.74. The van der Waals surface area contributed by atoms with Crippen molar-refractivity contribution < 1.29 is 27.4 Å². The summed E-state index contributed by atoms with van der Waals surface area (Å²) in [6, 6.07) is 4.42. The van der Waals surface area contributed by atoms with E-state index in [1.165, 1.54) is 12.1 Å². The summed E-state index contributed by atoms with van der Waals surface area (Å²) in [5.74, 6) is -0.963. The molecule has 16 heavy (non-hydrogen) atoms. The number of benzene rings is 1. The number of ether oxygens (including phenoxy) is 2. The molecule has 0 unspecified atom stereocenters. The lowest BCUT2D eigenvalue weighted by Gasteiger charge is -2.09. The maximum absolute atomic E-state index is 11.8. The molecule has 0 bridgehead atoms. The fraction of sp³-hybridized carbons (Fsp3) is 0.222. The van der Waals surface area contributed by atoms with Gasteiger partial charge in [0.05, 0.1) is 6.54 Å². The van der Waals surface area contributed by atoms with E-state index in [-0.39, 0.29) is 18.0 Å². The van der Waals surface area contributed by atoms with E-state index >= 15 is 0 Å². The molecule has 1 aromatic carbocycles. The van der Waals surface area contributed by atoms with Crippen molar-refractivity contribution in [3.8, 4) is 11.5 Å². The van der Waals surface area contributed by atoms with Crippen molar-refractivity contribution in [1.82, 2.24) is 0 Å². The number of carbonyl (C=O) groups is 1. The maximum Gasteiger partial charge on any atom is 0.573 e. The molecule has 0 amide bonds. The average molecular weight is 235 g/mol. The third-order valence-corrected chi connectivity index (χ3v) is 1.46. The normalized spacial score (nSPS) is 11.0. The van der Waals surface area contributed by atoms with Crippen molar-refractivity contribution in [2.75, 3.05) is 6.54 Å². The Labute approximate surface area is 88.8 Å². The van der Waals surface area contributed by atoms with Gasteiger partial charge in [0.25, 0.3) is 0 Å². The average Bonchev–Trinajstić information content (AvgIpc) is 2.18. The molecule has 0 radical (unpaired) electrons. The van der Waals surface area contributed by atoms with Gasteiger partial charge in [-0.1, -0.05) is 0 Å². The zero-order valence-corrected chi connectivity index (χ0v) is 7.95. The zero-order chi connectivity index (χ0) is 12.2. The number of halogens is 3. The van der Waals surface area contributed by atoms with Crippen LogP contribution < -0.4 is 15.2 Å². The van der Waals surface area contributed by atoms with Crippen LogP contribution in [0.3, 0.4) is 0 Å². The minimum absolute atomic E-state index is 0.102. The summed E-state index contributed by atoms with van der Waals surface area (Å²) in [6.07, 6.45) is -4.74. The lowest BCUT2D eigenvalue weighted by atomic mass is 10.3. The van der Waals surface area contributed by atoms with Crippen molar-refractivity contribution in [3.63, 3.8) is 0 Å². The van der Waals surface area contributed by atoms with Crippen LogP contribution in [0.2, 0.25) is 0 Å². The van der Waals surface area contributed by atoms with Gasteiger partial charge in [-0.15, -0.1) is 13.2 Å². The Balaban J connectivity index is 2.64. The predicted octanol–water partition coefficient (Wildman–Crippen LogP) is 1.45. The highest BCUT2D eigenvalue weighted by Gasteiger charge is 2.30. The molecule has 88 valence electrons. The van der Waals surface area contributed by atoms with Crippen LogP contribution in [0.5, 0.6) is 11.5 Å². The Hall–Kier alpha value is -1.76. The Morgan fingerprint density at radius 1 is 1.19 bits per heavy atom. The predicted molar refractivity (Wildman–Crippen MR) is 47.8 cm³/mol. The summed E-state index contributed by atoms with van der Waals surface area (Å²) in [5, 5.41) is 0. The fourth-order valence-corrected chi connectivity index (χ4v) is 0.882. The van der Waals surface area contributed by atoms with Crippen LogP contribution >= 0.6 is 0 Å². The number of rotatable bonds is 3. The van der Waals surface area contributed by atoms with E-state index in [1.807, 2.05) is 0 Å². The standard InChI is InChI=1S/C9H8F3NO3/c10-9(11,12)16-7-3-1-6(2-4-7)15-8(14)5-13/h1-4H,5,13H2. The van der Waals surface area contributed by atoms with E-state index in [9.17, 15) is 18.0 Å². The summed E-state index contributed by atoms with van der Waals surface area (Å²) < 4.78 is 43.6. The molecule has 0 atom stereocenters. The molecule has 0 saturated heterocycles. The monoisotopic (exact) mass is 235 g/mol. The summed E-state index contributed by atoms with van der Waals surface area (Å²) in [7, 11) is 0. The highest BCUT2D eigenvalue weighted by Crippen LogP contribution is 2.24. The fourth-order valence-electron chi connectivity index (χ4n) is 0.882. The van der Waals surface area contributed by atoms with Gasteiger partial charge < -0.3 is 15.2 Å².